The highest BCUT2D eigenvalue weighted by Crippen LogP contribution is 2.26. The summed E-state index contributed by atoms with van der Waals surface area (Å²) in [5, 5.41) is 0. The number of hydrogen-bond acceptors (Lipinski definition) is 4. The van der Waals surface area contributed by atoms with Gasteiger partial charge in [-0.15, -0.1) is 0 Å². The SMILES string of the molecule is C[C@@H]1C(=O)N(CCC[N+](C)(C)CCCCCCC[N+](C)(C)CCCN2C(=O)[C@H](C)[C@@H](C)C2=O)C(=O)[C@H]1C. The first-order chi connectivity index (χ1) is 17.2. The van der Waals surface area contributed by atoms with Crippen LogP contribution in [0, 0.1) is 23.7 Å². The molecule has 0 unspecified atom stereocenters. The number of hydrogen-bond donors (Lipinski definition) is 0. The molecule has 8 nitrogen and oxygen atoms in total. The Hall–Kier alpha value is -1.80. The van der Waals surface area contributed by atoms with Gasteiger partial charge in [-0.25, -0.2) is 0 Å². The molecule has 2 aliphatic rings. The zero-order valence-electron chi connectivity index (χ0n) is 24.9. The molecule has 2 heterocycles. The Bertz CT molecular complexity index is 719. The number of carbonyl (C=O) groups excluding carboxylic acids is 4. The standard InChI is InChI=1S/C29H54N4O4/c1-22-23(2)27(35)30(26(22)34)16-14-20-32(5,6)18-12-10-9-11-13-19-33(7,8)21-15-17-31-28(36)24(3)25(4)29(31)37/h22-25H,9-21H2,1-8H3/q+2/t22-,23-,24+,25+. The van der Waals surface area contributed by atoms with Crippen molar-refractivity contribution in [3.05, 3.63) is 0 Å². The van der Waals surface area contributed by atoms with Crippen LogP contribution in [0.3, 0.4) is 0 Å². The highest BCUT2D eigenvalue weighted by Gasteiger charge is 2.42. The summed E-state index contributed by atoms with van der Waals surface area (Å²) in [6.45, 7) is 12.7. The third kappa shape index (κ3) is 8.60. The second-order valence-electron chi connectivity index (χ2n) is 13.1. The van der Waals surface area contributed by atoms with E-state index in [4.69, 9.17) is 0 Å². The number of rotatable bonds is 16. The molecule has 0 spiro atoms. The molecule has 0 bridgehead atoms. The van der Waals surface area contributed by atoms with Gasteiger partial charge >= 0.3 is 0 Å². The molecule has 2 saturated heterocycles. The molecule has 8 heteroatoms. The molecule has 37 heavy (non-hydrogen) atoms. The summed E-state index contributed by atoms with van der Waals surface area (Å²) in [6.07, 6.45) is 7.78. The number of nitrogens with zero attached hydrogens (tertiary/aromatic N) is 4. The van der Waals surface area contributed by atoms with Gasteiger partial charge in [0.05, 0.1) is 54.4 Å². The number of quaternary nitrogens is 2. The summed E-state index contributed by atoms with van der Waals surface area (Å²) in [7, 11) is 8.96. The lowest BCUT2D eigenvalue weighted by Gasteiger charge is -2.31. The molecule has 2 fully saturated rings. The molecule has 0 aliphatic carbocycles. The zero-order chi connectivity index (χ0) is 28.0. The van der Waals surface area contributed by atoms with Crippen molar-refractivity contribution in [1.29, 1.82) is 0 Å². The molecule has 4 amide bonds. The van der Waals surface area contributed by atoms with Gasteiger partial charge in [0.15, 0.2) is 0 Å². The van der Waals surface area contributed by atoms with Gasteiger partial charge < -0.3 is 8.97 Å². The quantitative estimate of drug-likeness (QED) is 0.177. The van der Waals surface area contributed by atoms with Crippen LogP contribution in [-0.2, 0) is 19.2 Å². The van der Waals surface area contributed by atoms with E-state index in [0.717, 1.165) is 48.0 Å². The van der Waals surface area contributed by atoms with Gasteiger partial charge in [-0.05, 0) is 25.7 Å². The van der Waals surface area contributed by atoms with Crippen LogP contribution in [0.1, 0.15) is 72.6 Å². The Balaban J connectivity index is 1.54. The molecule has 0 aromatic rings. The fourth-order valence-electron chi connectivity index (χ4n) is 5.64. The molecule has 0 aromatic carbocycles. The van der Waals surface area contributed by atoms with Crippen LogP contribution in [0.25, 0.3) is 0 Å². The van der Waals surface area contributed by atoms with Gasteiger partial charge in [0, 0.05) is 49.6 Å². The molecule has 0 aromatic heterocycles. The van der Waals surface area contributed by atoms with Crippen LogP contribution < -0.4 is 0 Å². The van der Waals surface area contributed by atoms with E-state index in [2.05, 4.69) is 28.2 Å². The number of likely N-dealkylation sites (tertiary alicyclic amines) is 2. The Kier molecular flexibility index (Phi) is 11.3. The maximum atomic E-state index is 12.3. The fraction of sp³-hybridized carbons (Fsp3) is 0.862. The average Bonchev–Trinajstić information content (AvgIpc) is 3.12. The smallest absolute Gasteiger partial charge is 0.232 e. The Morgan fingerprint density at radius 3 is 1.00 bits per heavy atom. The van der Waals surface area contributed by atoms with Crippen molar-refractivity contribution in [3.8, 4) is 0 Å². The van der Waals surface area contributed by atoms with Crippen LogP contribution in [0.15, 0.2) is 0 Å². The normalized spacial score (nSPS) is 25.2. The van der Waals surface area contributed by atoms with E-state index >= 15 is 0 Å². The predicted octanol–water partition coefficient (Wildman–Crippen LogP) is 3.15. The lowest BCUT2D eigenvalue weighted by Crippen LogP contribution is -2.43. The topological polar surface area (TPSA) is 74.8 Å². The van der Waals surface area contributed by atoms with Gasteiger partial charge in [0.2, 0.25) is 23.6 Å². The molecule has 2 aliphatic heterocycles. The largest absolute Gasteiger partial charge is 0.328 e. The van der Waals surface area contributed by atoms with Crippen molar-refractivity contribution in [3.63, 3.8) is 0 Å². The molecule has 2 rings (SSSR count). The molecule has 4 atom stereocenters. The van der Waals surface area contributed by atoms with Crippen molar-refractivity contribution >= 4 is 23.6 Å². The number of amides is 4. The van der Waals surface area contributed by atoms with E-state index < -0.39 is 0 Å². The third-order valence-electron chi connectivity index (χ3n) is 8.94. The summed E-state index contributed by atoms with van der Waals surface area (Å²) in [4.78, 5) is 52.0. The van der Waals surface area contributed by atoms with Crippen molar-refractivity contribution in [2.24, 2.45) is 23.7 Å². The minimum atomic E-state index is -0.182. The van der Waals surface area contributed by atoms with Crippen molar-refractivity contribution in [2.45, 2.75) is 72.6 Å². The van der Waals surface area contributed by atoms with Gasteiger partial charge in [-0.1, -0.05) is 34.1 Å². The monoisotopic (exact) mass is 522 g/mol. The molecular formula is C29H54N4O4+2. The van der Waals surface area contributed by atoms with Crippen molar-refractivity contribution in [1.82, 2.24) is 9.80 Å². The molecular weight excluding hydrogens is 468 g/mol. The zero-order valence-corrected chi connectivity index (χ0v) is 24.9. The van der Waals surface area contributed by atoms with Crippen LogP contribution in [0.5, 0.6) is 0 Å². The van der Waals surface area contributed by atoms with Crippen LogP contribution >= 0.6 is 0 Å². The lowest BCUT2D eigenvalue weighted by atomic mass is 10.00. The van der Waals surface area contributed by atoms with Crippen molar-refractivity contribution in [2.75, 3.05) is 67.5 Å². The first-order valence-corrected chi connectivity index (χ1v) is 14.5. The Morgan fingerprint density at radius 2 is 0.703 bits per heavy atom. The van der Waals surface area contributed by atoms with Gasteiger partial charge in [-0.3, -0.25) is 29.0 Å². The third-order valence-corrected chi connectivity index (χ3v) is 8.94. The second-order valence-corrected chi connectivity index (χ2v) is 13.1. The van der Waals surface area contributed by atoms with E-state index in [1.807, 2.05) is 27.7 Å². The predicted molar refractivity (Wildman–Crippen MR) is 146 cm³/mol. The summed E-state index contributed by atoms with van der Waals surface area (Å²) in [6, 6.07) is 0. The van der Waals surface area contributed by atoms with Gasteiger partial charge in [0.1, 0.15) is 0 Å². The highest BCUT2D eigenvalue weighted by atomic mass is 16.2. The minimum Gasteiger partial charge on any atom is -0.328 e. The number of carbonyl (C=O) groups is 4. The molecule has 212 valence electrons. The van der Waals surface area contributed by atoms with E-state index in [1.54, 1.807) is 0 Å². The molecule has 0 N–H and O–H groups in total. The van der Waals surface area contributed by atoms with Crippen LogP contribution in [0.2, 0.25) is 0 Å². The minimum absolute atomic E-state index is 0.00864. The van der Waals surface area contributed by atoms with E-state index in [1.165, 1.54) is 41.9 Å². The van der Waals surface area contributed by atoms with E-state index in [0.29, 0.717) is 13.1 Å². The summed E-state index contributed by atoms with van der Waals surface area (Å²) >= 11 is 0. The van der Waals surface area contributed by atoms with E-state index in [9.17, 15) is 19.2 Å². The second kappa shape index (κ2) is 13.3. The van der Waals surface area contributed by atoms with Crippen LogP contribution in [-0.4, -0.2) is 110 Å². The van der Waals surface area contributed by atoms with Crippen LogP contribution in [0.4, 0.5) is 0 Å². The first kappa shape index (κ1) is 31.4. The van der Waals surface area contributed by atoms with Gasteiger partial charge in [0.25, 0.3) is 0 Å². The Labute approximate surface area is 225 Å². The fourth-order valence-corrected chi connectivity index (χ4v) is 5.64. The molecule has 0 saturated carbocycles. The maximum Gasteiger partial charge on any atom is 0.232 e. The first-order valence-electron chi connectivity index (χ1n) is 14.5. The summed E-state index contributed by atoms with van der Waals surface area (Å²) in [5.41, 5.74) is 0. The van der Waals surface area contributed by atoms with Gasteiger partial charge in [-0.2, -0.15) is 0 Å². The molecule has 0 radical (unpaired) electrons. The lowest BCUT2D eigenvalue weighted by molar-refractivity contribution is -0.890. The number of imide groups is 2. The summed E-state index contributed by atoms with van der Waals surface area (Å²) in [5.74, 6) is -0.762. The van der Waals surface area contributed by atoms with E-state index in [-0.39, 0.29) is 47.3 Å². The maximum absolute atomic E-state index is 12.3. The van der Waals surface area contributed by atoms with Crippen molar-refractivity contribution < 1.29 is 28.1 Å². The number of unbranched alkanes of at least 4 members (excludes halogenated alkanes) is 4. The summed E-state index contributed by atoms with van der Waals surface area (Å²) < 4.78 is 1.84. The average molecular weight is 523 g/mol. The Morgan fingerprint density at radius 1 is 0.459 bits per heavy atom. The highest BCUT2D eigenvalue weighted by molar-refractivity contribution is 6.05.